The Balaban J connectivity index is 1.35. The van der Waals surface area contributed by atoms with Gasteiger partial charge in [-0.15, -0.1) is 0 Å². The van der Waals surface area contributed by atoms with Gasteiger partial charge < -0.3 is 19.2 Å². The Bertz CT molecular complexity index is 1200. The van der Waals surface area contributed by atoms with Gasteiger partial charge in [0.15, 0.2) is 5.76 Å². The van der Waals surface area contributed by atoms with Crippen LogP contribution in [0.5, 0.6) is 0 Å². The number of nitrogens with one attached hydrogen (secondary N) is 1. The number of carbonyl (C=O) groups excluding carboxylic acids is 2. The summed E-state index contributed by atoms with van der Waals surface area (Å²) in [5.74, 6) is 1.05. The van der Waals surface area contributed by atoms with Gasteiger partial charge in [-0.25, -0.2) is 4.98 Å². The molecule has 7 heteroatoms. The van der Waals surface area contributed by atoms with Crippen LogP contribution in [0, 0.1) is 0 Å². The Morgan fingerprint density at radius 2 is 1.76 bits per heavy atom. The minimum atomic E-state index is -0.192. The monoisotopic (exact) mass is 444 g/mol. The third kappa shape index (κ3) is 5.49. The number of imidazole rings is 1. The summed E-state index contributed by atoms with van der Waals surface area (Å²) in [6, 6.07) is 20.9. The van der Waals surface area contributed by atoms with Crippen LogP contribution in [-0.2, 0) is 17.8 Å². The van der Waals surface area contributed by atoms with Crippen LogP contribution in [0.2, 0.25) is 0 Å². The molecule has 1 N–H and O–H groups in total. The van der Waals surface area contributed by atoms with Crippen molar-refractivity contribution in [3.05, 3.63) is 84.6 Å². The fourth-order valence-corrected chi connectivity index (χ4v) is 3.81. The number of anilines is 1. The molecule has 2 heterocycles. The number of nitrogens with zero attached hydrogens (tertiary/aromatic N) is 3. The summed E-state index contributed by atoms with van der Waals surface area (Å²) in [5, 5.41) is 2.87. The van der Waals surface area contributed by atoms with Gasteiger partial charge in [0.1, 0.15) is 12.4 Å². The van der Waals surface area contributed by atoms with Gasteiger partial charge in [0.2, 0.25) is 5.91 Å². The number of carbonyl (C=O) groups is 2. The number of furan rings is 1. The van der Waals surface area contributed by atoms with Gasteiger partial charge in [0.05, 0.1) is 17.3 Å². The quantitative estimate of drug-likeness (QED) is 0.367. The van der Waals surface area contributed by atoms with Crippen molar-refractivity contribution < 1.29 is 14.0 Å². The lowest BCUT2D eigenvalue weighted by molar-refractivity contribution is -0.118. The Hall–Kier alpha value is -3.87. The first-order chi connectivity index (χ1) is 16.1. The molecule has 0 spiro atoms. The molecule has 170 valence electrons. The van der Waals surface area contributed by atoms with Gasteiger partial charge in [0, 0.05) is 25.7 Å². The van der Waals surface area contributed by atoms with Crippen LogP contribution in [0.15, 0.2) is 77.4 Å². The van der Waals surface area contributed by atoms with Crippen LogP contribution in [0.25, 0.3) is 11.0 Å². The summed E-state index contributed by atoms with van der Waals surface area (Å²) < 4.78 is 7.12. The SMILES string of the molecule is CN(C(=O)Cn1c(CCCCCNC(=O)c2ccco2)nc2ccccc21)c1ccccc1. The minimum Gasteiger partial charge on any atom is -0.459 e. The average molecular weight is 445 g/mol. The molecule has 0 radical (unpaired) electrons. The zero-order valence-corrected chi connectivity index (χ0v) is 18.7. The number of unbranched alkanes of at least 4 members (excludes halogenated alkanes) is 2. The molecule has 0 saturated heterocycles. The third-order valence-electron chi connectivity index (χ3n) is 5.65. The predicted octanol–water partition coefficient (Wildman–Crippen LogP) is 4.44. The Morgan fingerprint density at radius 1 is 0.970 bits per heavy atom. The molecule has 0 aliphatic carbocycles. The second-order valence-corrected chi connectivity index (χ2v) is 7.94. The zero-order chi connectivity index (χ0) is 23.0. The van der Waals surface area contributed by atoms with Crippen molar-refractivity contribution in [3.63, 3.8) is 0 Å². The van der Waals surface area contributed by atoms with E-state index in [1.807, 2.05) is 59.2 Å². The van der Waals surface area contributed by atoms with Gasteiger partial charge >= 0.3 is 0 Å². The van der Waals surface area contributed by atoms with Crippen molar-refractivity contribution in [1.82, 2.24) is 14.9 Å². The summed E-state index contributed by atoms with van der Waals surface area (Å²) in [7, 11) is 1.80. The van der Waals surface area contributed by atoms with Crippen LogP contribution in [0.4, 0.5) is 5.69 Å². The number of rotatable bonds is 10. The van der Waals surface area contributed by atoms with Gasteiger partial charge in [-0.05, 0) is 49.2 Å². The van der Waals surface area contributed by atoms with Gasteiger partial charge in [-0.2, -0.15) is 0 Å². The van der Waals surface area contributed by atoms with Crippen molar-refractivity contribution >= 4 is 28.5 Å². The first kappa shape index (κ1) is 22.3. The normalized spacial score (nSPS) is 10.9. The summed E-state index contributed by atoms with van der Waals surface area (Å²) in [6.07, 6.45) is 4.98. The predicted molar refractivity (Wildman–Crippen MR) is 128 cm³/mol. The number of hydrogen-bond donors (Lipinski definition) is 1. The van der Waals surface area contributed by atoms with Crippen molar-refractivity contribution in [2.75, 3.05) is 18.5 Å². The van der Waals surface area contributed by atoms with E-state index in [4.69, 9.17) is 9.40 Å². The van der Waals surface area contributed by atoms with Crippen LogP contribution in [0.1, 0.15) is 35.6 Å². The summed E-state index contributed by atoms with van der Waals surface area (Å²) in [5.41, 5.74) is 2.73. The van der Waals surface area contributed by atoms with E-state index in [0.717, 1.165) is 48.2 Å². The first-order valence-corrected chi connectivity index (χ1v) is 11.2. The molecule has 2 aromatic heterocycles. The molecule has 7 nitrogen and oxygen atoms in total. The number of aromatic nitrogens is 2. The van der Waals surface area contributed by atoms with Crippen LogP contribution >= 0.6 is 0 Å². The van der Waals surface area contributed by atoms with Gasteiger partial charge in [-0.1, -0.05) is 36.8 Å². The van der Waals surface area contributed by atoms with Crippen molar-refractivity contribution in [1.29, 1.82) is 0 Å². The first-order valence-electron chi connectivity index (χ1n) is 11.2. The number of likely N-dealkylation sites (N-methyl/N-ethyl adjacent to an activating group) is 1. The molecule has 0 aliphatic rings. The number of aryl methyl sites for hydroxylation is 1. The number of hydrogen-bond acceptors (Lipinski definition) is 4. The highest BCUT2D eigenvalue weighted by atomic mass is 16.3. The maximum absolute atomic E-state index is 13.0. The smallest absolute Gasteiger partial charge is 0.286 e. The van der Waals surface area contributed by atoms with E-state index < -0.39 is 0 Å². The molecule has 0 aliphatic heterocycles. The standard InChI is InChI=1S/C26H28N4O3/c1-29(20-11-4-2-5-12-20)25(31)19-30-22-14-8-7-13-21(22)28-24(30)16-6-3-9-17-27-26(32)23-15-10-18-33-23/h2,4-5,7-8,10-15,18H,3,6,9,16-17,19H2,1H3,(H,27,32). The highest BCUT2D eigenvalue weighted by molar-refractivity contribution is 5.93. The van der Waals surface area contributed by atoms with Crippen LogP contribution in [0.3, 0.4) is 0 Å². The van der Waals surface area contributed by atoms with Crippen molar-refractivity contribution in [2.45, 2.75) is 32.2 Å². The van der Waals surface area contributed by atoms with E-state index >= 15 is 0 Å². The molecule has 4 rings (SSSR count). The van der Waals surface area contributed by atoms with E-state index in [1.165, 1.54) is 6.26 Å². The Kier molecular flexibility index (Phi) is 7.19. The van der Waals surface area contributed by atoms with Crippen molar-refractivity contribution in [3.8, 4) is 0 Å². The number of para-hydroxylation sites is 3. The fraction of sp³-hybridized carbons (Fsp3) is 0.269. The lowest BCUT2D eigenvalue weighted by Gasteiger charge is -2.18. The molecule has 33 heavy (non-hydrogen) atoms. The lowest BCUT2D eigenvalue weighted by atomic mass is 10.2. The van der Waals surface area contributed by atoms with E-state index in [9.17, 15) is 9.59 Å². The third-order valence-corrected chi connectivity index (χ3v) is 5.65. The van der Waals surface area contributed by atoms with E-state index in [-0.39, 0.29) is 18.4 Å². The van der Waals surface area contributed by atoms with E-state index in [2.05, 4.69) is 5.32 Å². The Labute approximate surface area is 193 Å². The lowest BCUT2D eigenvalue weighted by Crippen LogP contribution is -2.30. The zero-order valence-electron chi connectivity index (χ0n) is 18.7. The minimum absolute atomic E-state index is 0.00578. The maximum atomic E-state index is 13.0. The Morgan fingerprint density at radius 3 is 2.55 bits per heavy atom. The average Bonchev–Trinajstić information content (AvgIpc) is 3.50. The van der Waals surface area contributed by atoms with Gasteiger partial charge in [0.25, 0.3) is 5.91 Å². The molecule has 4 aromatic rings. The summed E-state index contributed by atoms with van der Waals surface area (Å²) in [4.78, 5) is 31.4. The molecule has 0 bridgehead atoms. The highest BCUT2D eigenvalue weighted by Gasteiger charge is 2.17. The number of amides is 2. The summed E-state index contributed by atoms with van der Waals surface area (Å²) >= 11 is 0. The molecule has 2 aromatic carbocycles. The van der Waals surface area contributed by atoms with Crippen molar-refractivity contribution in [2.24, 2.45) is 0 Å². The van der Waals surface area contributed by atoms with Gasteiger partial charge in [-0.3, -0.25) is 9.59 Å². The summed E-state index contributed by atoms with van der Waals surface area (Å²) in [6.45, 7) is 0.830. The fourth-order valence-electron chi connectivity index (χ4n) is 3.81. The molecular formula is C26H28N4O3. The molecule has 0 unspecified atom stereocenters. The molecule has 2 amide bonds. The maximum Gasteiger partial charge on any atom is 0.286 e. The molecular weight excluding hydrogens is 416 g/mol. The topological polar surface area (TPSA) is 80.4 Å². The molecule has 0 atom stereocenters. The van der Waals surface area contributed by atoms with E-state index in [0.29, 0.717) is 12.3 Å². The number of fused-ring (bicyclic) bond motifs is 1. The number of benzene rings is 2. The second kappa shape index (κ2) is 10.6. The highest BCUT2D eigenvalue weighted by Crippen LogP contribution is 2.19. The largest absolute Gasteiger partial charge is 0.459 e. The molecule has 0 saturated carbocycles. The van der Waals surface area contributed by atoms with E-state index in [1.54, 1.807) is 24.1 Å². The second-order valence-electron chi connectivity index (χ2n) is 7.94. The molecule has 0 fully saturated rings. The van der Waals surface area contributed by atoms with Crippen LogP contribution < -0.4 is 10.2 Å². The van der Waals surface area contributed by atoms with Crippen LogP contribution in [-0.4, -0.2) is 35.0 Å².